The molecule has 4 heterocycles. The van der Waals surface area contributed by atoms with E-state index in [2.05, 4.69) is 25.7 Å². The van der Waals surface area contributed by atoms with E-state index in [4.69, 9.17) is 19.6 Å². The Labute approximate surface area is 183 Å². The van der Waals surface area contributed by atoms with Crippen molar-refractivity contribution in [3.63, 3.8) is 0 Å². The fourth-order valence-corrected chi connectivity index (χ4v) is 3.22. The molecular formula is C20H23N7O5. The molecule has 3 aromatic rings. The van der Waals surface area contributed by atoms with Crippen LogP contribution in [-0.2, 0) is 9.47 Å². The Morgan fingerprint density at radius 1 is 1.41 bits per heavy atom. The highest BCUT2D eigenvalue weighted by Gasteiger charge is 2.24. The van der Waals surface area contributed by atoms with Crippen LogP contribution in [0.2, 0.25) is 0 Å². The van der Waals surface area contributed by atoms with Crippen molar-refractivity contribution in [3.8, 4) is 11.5 Å². The van der Waals surface area contributed by atoms with Crippen LogP contribution in [0.4, 0.5) is 11.5 Å². The molecule has 1 saturated heterocycles. The first kappa shape index (κ1) is 21.5. The molecule has 0 bridgehead atoms. The van der Waals surface area contributed by atoms with E-state index in [9.17, 15) is 9.59 Å². The van der Waals surface area contributed by atoms with Crippen molar-refractivity contribution in [3.05, 3.63) is 42.2 Å². The van der Waals surface area contributed by atoms with Crippen molar-refractivity contribution >= 4 is 23.3 Å². The highest BCUT2D eigenvalue weighted by atomic mass is 16.5. The SMILES string of the molecule is COCCNc1cc(-c2nc(C(=O)Nc3cn(C4CCOC4)nc3C(N)=O)co2)ccn1. The van der Waals surface area contributed by atoms with Crippen LogP contribution in [0.15, 0.2) is 35.2 Å². The zero-order chi connectivity index (χ0) is 22.5. The second-order valence-corrected chi connectivity index (χ2v) is 7.09. The van der Waals surface area contributed by atoms with Crippen molar-refractivity contribution < 1.29 is 23.5 Å². The maximum atomic E-state index is 12.7. The fraction of sp³-hybridized carbons (Fsp3) is 0.350. The van der Waals surface area contributed by atoms with Gasteiger partial charge >= 0.3 is 0 Å². The lowest BCUT2D eigenvalue weighted by molar-refractivity contribution is 0.0995. The van der Waals surface area contributed by atoms with Crippen molar-refractivity contribution in [1.82, 2.24) is 19.7 Å². The molecule has 12 heteroatoms. The topological polar surface area (TPSA) is 159 Å². The zero-order valence-corrected chi connectivity index (χ0v) is 17.4. The van der Waals surface area contributed by atoms with Gasteiger partial charge in [0.15, 0.2) is 11.4 Å². The lowest BCUT2D eigenvalue weighted by atomic mass is 10.2. The molecule has 32 heavy (non-hydrogen) atoms. The number of primary amides is 1. The minimum atomic E-state index is -0.746. The predicted octanol–water partition coefficient (Wildman–Crippen LogP) is 1.30. The number of methoxy groups -OCH3 is 1. The summed E-state index contributed by atoms with van der Waals surface area (Å²) >= 11 is 0. The van der Waals surface area contributed by atoms with E-state index in [-0.39, 0.29) is 29.0 Å². The summed E-state index contributed by atoms with van der Waals surface area (Å²) in [6, 6.07) is 3.45. The standard InChI is InChI=1S/C20H23N7O5/c1-30-7-5-23-16-8-12(2-4-22-16)20-25-15(11-32-20)19(29)24-14-9-27(13-3-6-31-10-13)26-17(14)18(21)28/h2,4,8-9,11,13H,3,5-7,10H2,1H3,(H2,21,28)(H,22,23)(H,24,29). The maximum Gasteiger partial charge on any atom is 0.277 e. The van der Waals surface area contributed by atoms with Crippen molar-refractivity contribution in [2.24, 2.45) is 5.73 Å². The normalized spacial score (nSPS) is 15.6. The number of aromatic nitrogens is 4. The third kappa shape index (κ3) is 4.76. The summed E-state index contributed by atoms with van der Waals surface area (Å²) in [7, 11) is 1.62. The molecule has 3 aromatic heterocycles. The predicted molar refractivity (Wildman–Crippen MR) is 113 cm³/mol. The number of rotatable bonds is 9. The van der Waals surface area contributed by atoms with Gasteiger partial charge in [0.05, 0.1) is 24.9 Å². The van der Waals surface area contributed by atoms with Gasteiger partial charge < -0.3 is 30.3 Å². The van der Waals surface area contributed by atoms with Crippen LogP contribution in [0.3, 0.4) is 0 Å². The number of carbonyl (C=O) groups is 2. The van der Waals surface area contributed by atoms with Gasteiger partial charge in [-0.2, -0.15) is 5.10 Å². The van der Waals surface area contributed by atoms with Gasteiger partial charge in [0.25, 0.3) is 11.8 Å². The molecule has 0 aromatic carbocycles. The van der Waals surface area contributed by atoms with Crippen LogP contribution in [0, 0.1) is 0 Å². The van der Waals surface area contributed by atoms with E-state index in [0.717, 1.165) is 6.42 Å². The number of amides is 2. The van der Waals surface area contributed by atoms with Gasteiger partial charge in [0.2, 0.25) is 5.89 Å². The molecule has 1 atom stereocenters. The van der Waals surface area contributed by atoms with Crippen LogP contribution in [0.5, 0.6) is 0 Å². The maximum absolute atomic E-state index is 12.7. The molecule has 0 radical (unpaired) electrons. The molecule has 1 aliphatic heterocycles. The van der Waals surface area contributed by atoms with Gasteiger partial charge in [0.1, 0.15) is 12.1 Å². The summed E-state index contributed by atoms with van der Waals surface area (Å²) in [6.07, 6.45) is 5.17. The van der Waals surface area contributed by atoms with E-state index in [0.29, 0.717) is 37.7 Å². The van der Waals surface area contributed by atoms with Crippen LogP contribution in [0.1, 0.15) is 33.4 Å². The van der Waals surface area contributed by atoms with Crippen LogP contribution < -0.4 is 16.4 Å². The van der Waals surface area contributed by atoms with Gasteiger partial charge in [-0.3, -0.25) is 14.3 Å². The quantitative estimate of drug-likeness (QED) is 0.416. The first-order chi connectivity index (χ1) is 15.5. The Hall–Kier alpha value is -3.77. The van der Waals surface area contributed by atoms with E-state index >= 15 is 0 Å². The van der Waals surface area contributed by atoms with Crippen molar-refractivity contribution in [1.29, 1.82) is 0 Å². The molecule has 4 rings (SSSR count). The van der Waals surface area contributed by atoms with Crippen LogP contribution in [-0.4, -0.2) is 65.0 Å². The van der Waals surface area contributed by atoms with Crippen molar-refractivity contribution in [2.45, 2.75) is 12.5 Å². The Balaban J connectivity index is 1.49. The van der Waals surface area contributed by atoms with Crippen LogP contribution >= 0.6 is 0 Å². The number of ether oxygens (including phenoxy) is 2. The number of hydrogen-bond acceptors (Lipinski definition) is 9. The largest absolute Gasteiger partial charge is 0.444 e. The molecule has 0 aliphatic carbocycles. The average molecular weight is 441 g/mol. The number of hydrogen-bond donors (Lipinski definition) is 3. The Morgan fingerprint density at radius 2 is 2.28 bits per heavy atom. The lowest BCUT2D eigenvalue weighted by Crippen LogP contribution is -2.18. The molecule has 1 unspecified atom stereocenters. The number of pyridine rings is 1. The van der Waals surface area contributed by atoms with Gasteiger partial charge in [-0.15, -0.1) is 0 Å². The Morgan fingerprint density at radius 3 is 3.03 bits per heavy atom. The van der Waals surface area contributed by atoms with Gasteiger partial charge in [-0.1, -0.05) is 0 Å². The second kappa shape index (κ2) is 9.58. The molecule has 1 fully saturated rings. The number of nitrogens with zero attached hydrogens (tertiary/aromatic N) is 4. The minimum Gasteiger partial charge on any atom is -0.444 e. The highest BCUT2D eigenvalue weighted by molar-refractivity contribution is 6.07. The molecule has 2 amide bonds. The average Bonchev–Trinajstić information content (AvgIpc) is 3.54. The smallest absolute Gasteiger partial charge is 0.277 e. The number of oxazole rings is 1. The summed E-state index contributed by atoms with van der Waals surface area (Å²) < 4.78 is 17.4. The summed E-state index contributed by atoms with van der Waals surface area (Å²) in [6.45, 7) is 2.22. The fourth-order valence-electron chi connectivity index (χ4n) is 3.22. The van der Waals surface area contributed by atoms with Gasteiger partial charge in [0, 0.05) is 38.2 Å². The van der Waals surface area contributed by atoms with E-state index in [1.165, 1.54) is 6.26 Å². The van der Waals surface area contributed by atoms with Gasteiger partial charge in [-0.05, 0) is 18.6 Å². The zero-order valence-electron chi connectivity index (χ0n) is 17.4. The minimum absolute atomic E-state index is 0.0178. The summed E-state index contributed by atoms with van der Waals surface area (Å²) in [4.78, 5) is 33.0. The first-order valence-corrected chi connectivity index (χ1v) is 9.98. The Bertz CT molecular complexity index is 1100. The summed E-state index contributed by atoms with van der Waals surface area (Å²) in [5.74, 6) is -0.430. The van der Waals surface area contributed by atoms with E-state index in [1.807, 2.05) is 0 Å². The van der Waals surface area contributed by atoms with Crippen LogP contribution in [0.25, 0.3) is 11.5 Å². The highest BCUT2D eigenvalue weighted by Crippen LogP contribution is 2.24. The number of nitrogens with two attached hydrogens (primary N) is 1. The van der Waals surface area contributed by atoms with Gasteiger partial charge in [-0.25, -0.2) is 9.97 Å². The number of nitrogens with one attached hydrogen (secondary N) is 2. The molecule has 0 saturated carbocycles. The van der Waals surface area contributed by atoms with E-state index < -0.39 is 11.8 Å². The van der Waals surface area contributed by atoms with Crippen molar-refractivity contribution in [2.75, 3.05) is 44.1 Å². The third-order valence-electron chi connectivity index (χ3n) is 4.85. The lowest BCUT2D eigenvalue weighted by Gasteiger charge is -2.06. The number of carbonyl (C=O) groups excluding carboxylic acids is 2. The number of anilines is 2. The van der Waals surface area contributed by atoms with E-state index in [1.54, 1.807) is 36.3 Å². The molecule has 0 spiro atoms. The molecular weight excluding hydrogens is 418 g/mol. The molecule has 1 aliphatic rings. The molecule has 4 N–H and O–H groups in total. The second-order valence-electron chi connectivity index (χ2n) is 7.09. The third-order valence-corrected chi connectivity index (χ3v) is 4.85. The summed E-state index contributed by atoms with van der Waals surface area (Å²) in [5, 5.41) is 9.96. The monoisotopic (exact) mass is 441 g/mol. The first-order valence-electron chi connectivity index (χ1n) is 9.98. The molecule has 168 valence electrons. The molecule has 12 nitrogen and oxygen atoms in total. The summed E-state index contributed by atoms with van der Waals surface area (Å²) in [5.41, 5.74) is 6.28. The Kier molecular flexibility index (Phi) is 6.42.